The van der Waals surface area contributed by atoms with Crippen LogP contribution in [0.15, 0.2) is 71.4 Å². The number of carbonyl (C=O) groups excluding carboxylic acids is 2. The molecule has 0 amide bonds. The Hall–Kier alpha value is -4.48. The maximum atomic E-state index is 12.1. The molecule has 0 fully saturated rings. The van der Waals surface area contributed by atoms with Crippen LogP contribution in [0.5, 0.6) is 0 Å². The summed E-state index contributed by atoms with van der Waals surface area (Å²) in [6.45, 7) is 0.577. The number of nitrogens with zero attached hydrogens (tertiary/aromatic N) is 2. The summed E-state index contributed by atoms with van der Waals surface area (Å²) >= 11 is 0. The van der Waals surface area contributed by atoms with Gasteiger partial charge in [-0.05, 0) is 97.2 Å². The van der Waals surface area contributed by atoms with E-state index in [1.54, 1.807) is 6.20 Å². The molecule has 0 unspecified atom stereocenters. The van der Waals surface area contributed by atoms with Crippen molar-refractivity contribution in [1.82, 2.24) is 10.3 Å². The van der Waals surface area contributed by atoms with Gasteiger partial charge in [0.25, 0.3) is 0 Å². The minimum atomic E-state index is -1.04. The highest BCUT2D eigenvalue weighted by Gasteiger charge is 2.26. The number of benzene rings is 2. The van der Waals surface area contributed by atoms with E-state index in [4.69, 9.17) is 21.9 Å². The monoisotopic (exact) mass is 671 g/mol. The number of aromatic nitrogens is 1. The summed E-state index contributed by atoms with van der Waals surface area (Å²) in [7, 11) is 0. The van der Waals surface area contributed by atoms with Crippen LogP contribution in [0.4, 0.5) is 5.82 Å². The molecule has 1 aliphatic heterocycles. The average molecular weight is 672 g/mol. The Balaban J connectivity index is 1.56. The molecule has 0 bridgehead atoms. The van der Waals surface area contributed by atoms with E-state index in [0.717, 1.165) is 61.0 Å². The molecule has 4 rings (SSSR count). The van der Waals surface area contributed by atoms with Crippen LogP contribution >= 0.6 is 0 Å². The van der Waals surface area contributed by atoms with Gasteiger partial charge < -0.3 is 46.9 Å². The van der Waals surface area contributed by atoms with E-state index >= 15 is 0 Å². The predicted molar refractivity (Wildman–Crippen MR) is 194 cm³/mol. The summed E-state index contributed by atoms with van der Waals surface area (Å²) in [5.74, 6) is -0.0251. The minimum absolute atomic E-state index is 0.0371. The quantitative estimate of drug-likeness (QED) is 0.0603. The normalized spacial score (nSPS) is 17.4. The fourth-order valence-corrected chi connectivity index (χ4v) is 6.77. The number of rotatable bonds is 22. The van der Waals surface area contributed by atoms with Gasteiger partial charge in [0.15, 0.2) is 5.96 Å². The predicted octanol–water partition coefficient (Wildman–Crippen LogP) is 5.40. The van der Waals surface area contributed by atoms with Crippen LogP contribution in [-0.4, -0.2) is 71.0 Å². The number of hydrogen-bond acceptors (Lipinski definition) is 8. The van der Waals surface area contributed by atoms with Crippen LogP contribution in [0.1, 0.15) is 81.3 Å². The van der Waals surface area contributed by atoms with E-state index in [0.29, 0.717) is 62.4 Å². The van der Waals surface area contributed by atoms with E-state index < -0.39 is 12.0 Å². The molecule has 2 heterocycles. The van der Waals surface area contributed by atoms with Crippen molar-refractivity contribution >= 4 is 41.1 Å². The Bertz CT molecular complexity index is 1560. The number of guanidine groups is 1. The van der Waals surface area contributed by atoms with Gasteiger partial charge in [0.05, 0.1) is 6.04 Å². The molecule has 0 spiro atoms. The number of H-pyrrole nitrogens is 1. The zero-order valence-electron chi connectivity index (χ0n) is 28.2. The van der Waals surface area contributed by atoms with Gasteiger partial charge in [0.2, 0.25) is 0 Å². The van der Waals surface area contributed by atoms with Gasteiger partial charge in [-0.3, -0.25) is 4.99 Å². The van der Waals surface area contributed by atoms with Crippen LogP contribution in [0, 0.1) is 5.92 Å². The molecule has 11 nitrogen and oxygen atoms in total. The lowest BCUT2D eigenvalue weighted by atomic mass is 9.83. The lowest BCUT2D eigenvalue weighted by Crippen LogP contribution is -2.46. The van der Waals surface area contributed by atoms with Crippen LogP contribution < -0.4 is 16.8 Å². The zero-order valence-corrected chi connectivity index (χ0v) is 28.2. The third-order valence-electron chi connectivity index (χ3n) is 9.44. The van der Waals surface area contributed by atoms with E-state index in [2.05, 4.69) is 39.6 Å². The Kier molecular flexibility index (Phi) is 14.9. The van der Waals surface area contributed by atoms with Crippen molar-refractivity contribution in [3.8, 4) is 0 Å². The van der Waals surface area contributed by atoms with Crippen LogP contribution in [0.25, 0.3) is 16.1 Å². The van der Waals surface area contributed by atoms with E-state index in [9.17, 15) is 19.5 Å². The fourth-order valence-electron chi connectivity index (χ4n) is 6.77. The lowest BCUT2D eigenvalue weighted by Gasteiger charge is -2.35. The van der Waals surface area contributed by atoms with E-state index in [-0.39, 0.29) is 30.5 Å². The molecule has 1 aliphatic rings. The molecule has 0 radical (unpaired) electrons. The first kappa shape index (κ1) is 37.3. The minimum Gasteiger partial charge on any atom is -0.478 e. The van der Waals surface area contributed by atoms with Crippen LogP contribution in [0.2, 0.25) is 0 Å². The smallest absolute Gasteiger partial charge is 0.328 e. The molecule has 264 valence electrons. The molecule has 2 aromatic carbocycles. The number of nitrogens with one attached hydrogen (secondary N) is 2. The van der Waals surface area contributed by atoms with Gasteiger partial charge in [-0.25, -0.2) is 4.79 Å². The van der Waals surface area contributed by atoms with E-state index in [1.165, 1.54) is 11.6 Å². The molecule has 5 atom stereocenters. The van der Waals surface area contributed by atoms with Gasteiger partial charge in [-0.15, -0.1) is 0 Å². The van der Waals surface area contributed by atoms with Crippen molar-refractivity contribution in [3.05, 3.63) is 82.8 Å². The topological polar surface area (TPSA) is 198 Å². The van der Waals surface area contributed by atoms with Crippen molar-refractivity contribution in [2.75, 3.05) is 13.2 Å². The third-order valence-corrected chi connectivity index (χ3v) is 9.44. The molecule has 3 aromatic rings. The Morgan fingerprint density at radius 1 is 1.00 bits per heavy atom. The maximum Gasteiger partial charge on any atom is 0.328 e. The molecule has 49 heavy (non-hydrogen) atoms. The highest BCUT2D eigenvalue weighted by Crippen LogP contribution is 2.36. The number of aromatic amines is 1. The van der Waals surface area contributed by atoms with Crippen LogP contribution in [-0.2, 0) is 20.8 Å². The highest BCUT2D eigenvalue weighted by atomic mass is 16.4. The second-order valence-electron chi connectivity index (χ2n) is 13.1. The molecule has 0 saturated carbocycles. The molecule has 1 aromatic heterocycles. The zero-order chi connectivity index (χ0) is 35.0. The van der Waals surface area contributed by atoms with Crippen molar-refractivity contribution in [3.63, 3.8) is 0 Å². The SMILES string of the molecule is NC1=NCC[C@H](/C(=C\C(=O)O)[C@@H](CC[C@@H](CCC[C@@H](N)CC[C@H](C=O)CCCO)c2ccc3ccc(CC=O)cc3c2)[N-]c2ccc[nH]2)N1. The van der Waals surface area contributed by atoms with Crippen molar-refractivity contribution in [2.45, 2.75) is 94.7 Å². The summed E-state index contributed by atoms with van der Waals surface area (Å²) in [4.78, 5) is 42.2. The summed E-state index contributed by atoms with van der Waals surface area (Å²) < 4.78 is 0. The third kappa shape index (κ3) is 11.9. The number of nitrogens with two attached hydrogens (primary N) is 2. The number of aliphatic hydroxyl groups is 1. The standard InChI is InChI=1S/C38H51N6O5/c39-32(14-9-27(25-47)4-3-20-45)6-1-5-28(30-12-11-29-10-8-26(17-21-46)22-31(29)23-30)13-15-34(43-36-7-2-18-41-36)33(24-37(48)49)35-16-19-42-38(40)44-35/h2,7-8,10-12,18,21-25,27-28,32,34-35,41,45H,1,3-6,9,13-17,19-20,39H2,(H,48,49)(H3,40,42,44)/q-1/b33-24-/t27-,28-,32-,34-,35-/m1/s1. The first-order chi connectivity index (χ1) is 23.8. The molecule has 11 heteroatoms. The molecule has 0 aliphatic carbocycles. The number of carboxylic acids is 1. The number of aldehydes is 2. The number of aliphatic carboxylic acids is 1. The highest BCUT2D eigenvalue weighted by molar-refractivity contribution is 5.85. The van der Waals surface area contributed by atoms with Gasteiger partial charge >= 0.3 is 5.97 Å². The number of aliphatic hydroxyl groups excluding tert-OH is 1. The first-order valence-electron chi connectivity index (χ1n) is 17.4. The molecular formula is C38H51N6O5-. The number of fused-ring (bicyclic) bond motifs is 1. The fraction of sp³-hybridized carbons (Fsp3) is 0.474. The number of carbonyl (C=O) groups is 3. The molecule has 0 saturated heterocycles. The van der Waals surface area contributed by atoms with Crippen molar-refractivity contribution < 1.29 is 24.6 Å². The first-order valence-corrected chi connectivity index (χ1v) is 17.4. The average Bonchev–Trinajstić information content (AvgIpc) is 3.61. The largest absolute Gasteiger partial charge is 0.478 e. The second kappa shape index (κ2) is 19.5. The van der Waals surface area contributed by atoms with Gasteiger partial charge in [-0.1, -0.05) is 67.0 Å². The summed E-state index contributed by atoms with van der Waals surface area (Å²) in [6.07, 6.45) is 12.6. The van der Waals surface area contributed by atoms with Crippen LogP contribution in [0.3, 0.4) is 0 Å². The van der Waals surface area contributed by atoms with Gasteiger partial charge in [0, 0.05) is 37.6 Å². The number of aliphatic imine (C=N–C) groups is 1. The number of carboxylic acid groups (broad SMARTS) is 1. The summed E-state index contributed by atoms with van der Waals surface area (Å²) in [5.41, 5.74) is 15.3. The Labute approximate surface area is 288 Å². The summed E-state index contributed by atoms with van der Waals surface area (Å²) in [5, 5.41) is 29.4. The summed E-state index contributed by atoms with van der Waals surface area (Å²) in [6, 6.07) is 15.5. The number of hydrogen-bond donors (Lipinski definition) is 6. The van der Waals surface area contributed by atoms with Crippen molar-refractivity contribution in [2.24, 2.45) is 22.4 Å². The molecule has 8 N–H and O–H groups in total. The maximum absolute atomic E-state index is 12.1. The Morgan fingerprint density at radius 2 is 1.84 bits per heavy atom. The molecular weight excluding hydrogens is 620 g/mol. The van der Waals surface area contributed by atoms with Crippen molar-refractivity contribution in [1.29, 1.82) is 0 Å². The van der Waals surface area contributed by atoms with Gasteiger partial charge in [-0.2, -0.15) is 0 Å². The van der Waals surface area contributed by atoms with Gasteiger partial charge in [0.1, 0.15) is 12.6 Å². The second-order valence-corrected chi connectivity index (χ2v) is 13.1. The lowest BCUT2D eigenvalue weighted by molar-refractivity contribution is -0.131. The Morgan fingerprint density at radius 3 is 2.55 bits per heavy atom. The van der Waals surface area contributed by atoms with E-state index in [1.807, 2.05) is 24.3 Å².